The fraction of sp³-hybridized carbons (Fsp3) is 0.308. The van der Waals surface area contributed by atoms with Crippen LogP contribution in [0.2, 0.25) is 0 Å². The summed E-state index contributed by atoms with van der Waals surface area (Å²) in [6.45, 7) is 0.546. The minimum absolute atomic E-state index is 0.0518. The zero-order valence-corrected chi connectivity index (χ0v) is 9.71. The molecule has 0 N–H and O–H groups in total. The van der Waals surface area contributed by atoms with Crippen LogP contribution in [-0.4, -0.2) is 6.61 Å². The summed E-state index contributed by atoms with van der Waals surface area (Å²) in [4.78, 5) is 11.7. The molecule has 1 aliphatic heterocycles. The Morgan fingerprint density at radius 2 is 1.95 bits per heavy atom. The predicted octanol–water partition coefficient (Wildman–Crippen LogP) is 3.14. The number of benzene rings is 1. The molecule has 6 heteroatoms. The van der Waals surface area contributed by atoms with Gasteiger partial charge >= 0.3 is 6.18 Å². The number of hydrogen-bond donors (Lipinski definition) is 0. The van der Waals surface area contributed by atoms with Crippen LogP contribution in [0.4, 0.5) is 13.2 Å². The smallest absolute Gasteiger partial charge is 0.449 e. The lowest BCUT2D eigenvalue weighted by Gasteiger charge is -2.17. The first-order valence-electron chi connectivity index (χ1n) is 5.76. The lowest BCUT2D eigenvalue weighted by atomic mass is 10.0. The van der Waals surface area contributed by atoms with Crippen molar-refractivity contribution in [2.75, 3.05) is 6.61 Å². The molecule has 0 radical (unpaired) electrons. The summed E-state index contributed by atoms with van der Waals surface area (Å²) in [5.74, 6) is -0.729. The van der Waals surface area contributed by atoms with E-state index in [0.29, 0.717) is 24.8 Å². The van der Waals surface area contributed by atoms with Crippen molar-refractivity contribution in [3.63, 3.8) is 0 Å². The molecule has 0 saturated heterocycles. The summed E-state index contributed by atoms with van der Waals surface area (Å²) in [5, 5.41) is 0.105. The number of aryl methyl sites for hydroxylation is 1. The van der Waals surface area contributed by atoms with Gasteiger partial charge in [0.25, 0.3) is 0 Å². The second-order valence-electron chi connectivity index (χ2n) is 4.38. The van der Waals surface area contributed by atoms with Gasteiger partial charge in [-0.05, 0) is 30.5 Å². The Kier molecular flexibility index (Phi) is 2.55. The predicted molar refractivity (Wildman–Crippen MR) is 61.3 cm³/mol. The van der Waals surface area contributed by atoms with Crippen LogP contribution >= 0.6 is 0 Å². The molecule has 3 nitrogen and oxygen atoms in total. The van der Waals surface area contributed by atoms with Gasteiger partial charge in [-0.1, -0.05) is 0 Å². The molecule has 0 aliphatic carbocycles. The van der Waals surface area contributed by atoms with Gasteiger partial charge in [0, 0.05) is 6.07 Å². The van der Waals surface area contributed by atoms with Gasteiger partial charge in [0.2, 0.25) is 5.76 Å². The molecule has 0 atom stereocenters. The SMILES string of the molecule is O=c1cc(C(F)(F)F)oc2cc3c(cc12)OCCC3. The van der Waals surface area contributed by atoms with Gasteiger partial charge in [-0.2, -0.15) is 13.2 Å². The quantitative estimate of drug-likeness (QED) is 0.738. The highest BCUT2D eigenvalue weighted by molar-refractivity contribution is 5.79. The van der Waals surface area contributed by atoms with Gasteiger partial charge in [0.1, 0.15) is 11.3 Å². The van der Waals surface area contributed by atoms with E-state index in [0.717, 1.165) is 12.0 Å². The van der Waals surface area contributed by atoms with E-state index < -0.39 is 17.4 Å². The average molecular weight is 270 g/mol. The molecule has 0 fully saturated rings. The summed E-state index contributed by atoms with van der Waals surface area (Å²) in [6.07, 6.45) is -3.17. The molecule has 0 saturated carbocycles. The van der Waals surface area contributed by atoms with E-state index in [9.17, 15) is 18.0 Å². The molecular formula is C13H9F3O3. The van der Waals surface area contributed by atoms with Gasteiger partial charge in [-0.25, -0.2) is 0 Å². The van der Waals surface area contributed by atoms with Gasteiger partial charge in [-0.3, -0.25) is 4.79 Å². The summed E-state index contributed by atoms with van der Waals surface area (Å²) >= 11 is 0. The second kappa shape index (κ2) is 4.01. The first kappa shape index (κ1) is 12.1. The molecule has 1 aromatic heterocycles. The zero-order chi connectivity index (χ0) is 13.6. The molecule has 1 aliphatic rings. The first-order chi connectivity index (χ1) is 8.95. The maximum Gasteiger partial charge on any atom is 0.449 e. The van der Waals surface area contributed by atoms with Crippen molar-refractivity contribution in [2.24, 2.45) is 0 Å². The van der Waals surface area contributed by atoms with E-state index in [1.807, 2.05) is 0 Å². The number of fused-ring (bicyclic) bond motifs is 2. The van der Waals surface area contributed by atoms with Crippen LogP contribution in [0.5, 0.6) is 5.75 Å². The third kappa shape index (κ3) is 2.07. The Morgan fingerprint density at radius 1 is 1.16 bits per heavy atom. The van der Waals surface area contributed by atoms with Crippen LogP contribution in [0.15, 0.2) is 27.4 Å². The van der Waals surface area contributed by atoms with Crippen molar-refractivity contribution in [1.82, 2.24) is 0 Å². The Labute approximate surface area is 105 Å². The number of rotatable bonds is 0. The van der Waals surface area contributed by atoms with Gasteiger partial charge in [0.15, 0.2) is 5.43 Å². The molecule has 100 valence electrons. The van der Waals surface area contributed by atoms with Crippen LogP contribution in [0.3, 0.4) is 0 Å². The van der Waals surface area contributed by atoms with Crippen molar-refractivity contribution in [1.29, 1.82) is 0 Å². The zero-order valence-electron chi connectivity index (χ0n) is 9.71. The normalized spacial score (nSPS) is 15.1. The summed E-state index contributed by atoms with van der Waals surface area (Å²) in [6, 6.07) is 3.38. The molecule has 2 aromatic rings. The molecule has 0 amide bonds. The number of halogens is 3. The molecular weight excluding hydrogens is 261 g/mol. The molecule has 19 heavy (non-hydrogen) atoms. The topological polar surface area (TPSA) is 39.4 Å². The maximum absolute atomic E-state index is 12.6. The monoisotopic (exact) mass is 270 g/mol. The second-order valence-corrected chi connectivity index (χ2v) is 4.38. The Balaban J connectivity index is 2.27. The van der Waals surface area contributed by atoms with Crippen molar-refractivity contribution in [2.45, 2.75) is 19.0 Å². The van der Waals surface area contributed by atoms with Crippen LogP contribution < -0.4 is 10.2 Å². The Hall–Kier alpha value is -1.98. The summed E-state index contributed by atoms with van der Waals surface area (Å²) < 4.78 is 47.9. The minimum atomic E-state index is -4.67. The first-order valence-corrected chi connectivity index (χ1v) is 5.76. The third-order valence-corrected chi connectivity index (χ3v) is 3.04. The van der Waals surface area contributed by atoms with Crippen LogP contribution in [-0.2, 0) is 12.6 Å². The third-order valence-electron chi connectivity index (χ3n) is 3.04. The molecule has 0 spiro atoms. The summed E-state index contributed by atoms with van der Waals surface area (Å²) in [5.41, 5.74) is -0.00384. The van der Waals surface area contributed by atoms with Gasteiger partial charge in [-0.15, -0.1) is 0 Å². The molecule has 2 heterocycles. The summed E-state index contributed by atoms with van der Waals surface area (Å²) in [7, 11) is 0. The standard InChI is InChI=1S/C13H9F3O3/c14-13(15,16)12-6-9(17)8-5-10-7(2-1-3-18-10)4-11(8)19-12/h4-6H,1-3H2. The van der Waals surface area contributed by atoms with E-state index in [-0.39, 0.29) is 11.0 Å². The van der Waals surface area contributed by atoms with Gasteiger partial charge < -0.3 is 9.15 Å². The van der Waals surface area contributed by atoms with E-state index in [1.54, 1.807) is 0 Å². The molecule has 3 rings (SSSR count). The highest BCUT2D eigenvalue weighted by Crippen LogP contribution is 2.33. The van der Waals surface area contributed by atoms with Crippen LogP contribution in [0.1, 0.15) is 17.7 Å². The van der Waals surface area contributed by atoms with Crippen molar-refractivity contribution in [3.05, 3.63) is 39.7 Å². The molecule has 0 unspecified atom stereocenters. The van der Waals surface area contributed by atoms with Crippen molar-refractivity contribution in [3.8, 4) is 5.75 Å². The number of ether oxygens (including phenoxy) is 1. The Bertz CT molecular complexity index is 701. The minimum Gasteiger partial charge on any atom is -0.493 e. The maximum atomic E-state index is 12.6. The van der Waals surface area contributed by atoms with Gasteiger partial charge in [0.05, 0.1) is 12.0 Å². The fourth-order valence-electron chi connectivity index (χ4n) is 2.14. The average Bonchev–Trinajstić information content (AvgIpc) is 2.35. The van der Waals surface area contributed by atoms with E-state index in [1.165, 1.54) is 12.1 Å². The highest BCUT2D eigenvalue weighted by Gasteiger charge is 2.35. The van der Waals surface area contributed by atoms with E-state index >= 15 is 0 Å². The van der Waals surface area contributed by atoms with Crippen LogP contribution in [0, 0.1) is 0 Å². The highest BCUT2D eigenvalue weighted by atomic mass is 19.4. The fourth-order valence-corrected chi connectivity index (χ4v) is 2.14. The lowest BCUT2D eigenvalue weighted by Crippen LogP contribution is -2.13. The lowest BCUT2D eigenvalue weighted by molar-refractivity contribution is -0.152. The Morgan fingerprint density at radius 3 is 2.68 bits per heavy atom. The van der Waals surface area contributed by atoms with E-state index in [4.69, 9.17) is 9.15 Å². The number of alkyl halides is 3. The number of hydrogen-bond acceptors (Lipinski definition) is 3. The molecule has 1 aromatic carbocycles. The van der Waals surface area contributed by atoms with Crippen molar-refractivity contribution >= 4 is 11.0 Å². The molecule has 0 bridgehead atoms. The van der Waals surface area contributed by atoms with Crippen LogP contribution in [0.25, 0.3) is 11.0 Å². The van der Waals surface area contributed by atoms with Crippen molar-refractivity contribution < 1.29 is 22.3 Å². The van der Waals surface area contributed by atoms with E-state index in [2.05, 4.69) is 0 Å². The largest absolute Gasteiger partial charge is 0.493 e.